The lowest BCUT2D eigenvalue weighted by Crippen LogP contribution is -2.09. The Morgan fingerprint density at radius 3 is 2.40 bits per heavy atom. The molecule has 0 bridgehead atoms. The summed E-state index contributed by atoms with van der Waals surface area (Å²) in [4.78, 5) is 21.3. The van der Waals surface area contributed by atoms with Gasteiger partial charge in [0.25, 0.3) is 0 Å². The molecule has 0 aliphatic carbocycles. The molecule has 0 aliphatic rings. The maximum absolute atomic E-state index is 11.7. The van der Waals surface area contributed by atoms with E-state index >= 15 is 0 Å². The molecule has 0 fully saturated rings. The highest BCUT2D eigenvalue weighted by atomic mass is 17.2. The van der Waals surface area contributed by atoms with Crippen LogP contribution in [-0.4, -0.2) is 12.6 Å². The van der Waals surface area contributed by atoms with Crippen molar-refractivity contribution in [3.05, 3.63) is 35.4 Å². The number of unbranched alkanes of at least 4 members (excludes halogenated alkanes) is 3. The van der Waals surface area contributed by atoms with Gasteiger partial charge in [0, 0.05) is 0 Å². The first-order chi connectivity index (χ1) is 9.63. The SMILES string of the molecule is CCCCCCc1ccc(C(=O)OOCC(C)C)cc1. The number of benzene rings is 1. The third-order valence-corrected chi connectivity index (χ3v) is 3.04. The number of hydrogen-bond donors (Lipinski definition) is 0. The summed E-state index contributed by atoms with van der Waals surface area (Å²) in [6, 6.07) is 7.59. The van der Waals surface area contributed by atoms with Crippen molar-refractivity contribution in [2.24, 2.45) is 5.92 Å². The van der Waals surface area contributed by atoms with Gasteiger partial charge < -0.3 is 0 Å². The van der Waals surface area contributed by atoms with Crippen LogP contribution in [0.1, 0.15) is 62.4 Å². The van der Waals surface area contributed by atoms with Crippen LogP contribution in [0.25, 0.3) is 0 Å². The Hall–Kier alpha value is -1.35. The second kappa shape index (κ2) is 9.54. The molecule has 0 saturated carbocycles. The van der Waals surface area contributed by atoms with E-state index in [9.17, 15) is 4.79 Å². The normalized spacial score (nSPS) is 10.8. The van der Waals surface area contributed by atoms with Crippen molar-refractivity contribution in [3.8, 4) is 0 Å². The van der Waals surface area contributed by atoms with Gasteiger partial charge in [-0.25, -0.2) is 4.79 Å². The van der Waals surface area contributed by atoms with E-state index in [-0.39, 0.29) is 0 Å². The fourth-order valence-corrected chi connectivity index (χ4v) is 1.84. The predicted octanol–water partition coefficient (Wildman–Crippen LogP) is 4.55. The van der Waals surface area contributed by atoms with E-state index in [1.807, 2.05) is 26.0 Å². The summed E-state index contributed by atoms with van der Waals surface area (Å²) in [5.74, 6) is -0.0866. The Kier molecular flexibility index (Phi) is 7.97. The van der Waals surface area contributed by atoms with Crippen LogP contribution in [0, 0.1) is 5.92 Å². The minimum Gasteiger partial charge on any atom is -0.293 e. The van der Waals surface area contributed by atoms with Crippen molar-refractivity contribution < 1.29 is 14.6 Å². The third kappa shape index (κ3) is 6.71. The summed E-state index contributed by atoms with van der Waals surface area (Å²) in [5, 5.41) is 0. The molecule has 1 aromatic rings. The summed E-state index contributed by atoms with van der Waals surface area (Å²) < 4.78 is 0. The minimum atomic E-state index is -0.428. The van der Waals surface area contributed by atoms with Gasteiger partial charge in [0.2, 0.25) is 0 Å². The standard InChI is InChI=1S/C17H26O3/c1-4-5-6-7-8-15-9-11-16(12-10-15)17(18)20-19-13-14(2)3/h9-12,14H,4-8,13H2,1-3H3. The van der Waals surface area contributed by atoms with Gasteiger partial charge in [0.05, 0.1) is 12.2 Å². The van der Waals surface area contributed by atoms with E-state index in [4.69, 9.17) is 9.78 Å². The summed E-state index contributed by atoms with van der Waals surface area (Å²) in [7, 11) is 0. The molecule has 0 N–H and O–H groups in total. The molecule has 0 amide bonds. The van der Waals surface area contributed by atoms with E-state index < -0.39 is 5.97 Å². The Labute approximate surface area is 122 Å². The lowest BCUT2D eigenvalue weighted by molar-refractivity contribution is -0.246. The molecule has 3 nitrogen and oxygen atoms in total. The van der Waals surface area contributed by atoms with E-state index in [1.54, 1.807) is 12.1 Å². The van der Waals surface area contributed by atoms with Crippen LogP contribution in [0.2, 0.25) is 0 Å². The van der Waals surface area contributed by atoms with Crippen LogP contribution in [0.5, 0.6) is 0 Å². The van der Waals surface area contributed by atoms with Crippen molar-refractivity contribution in [3.63, 3.8) is 0 Å². The van der Waals surface area contributed by atoms with Gasteiger partial charge in [-0.05, 0) is 36.5 Å². The van der Waals surface area contributed by atoms with Gasteiger partial charge >= 0.3 is 5.97 Å². The first kappa shape index (κ1) is 16.7. The Balaban J connectivity index is 2.35. The van der Waals surface area contributed by atoms with E-state index in [1.165, 1.54) is 31.2 Å². The molecular weight excluding hydrogens is 252 g/mol. The zero-order valence-corrected chi connectivity index (χ0v) is 12.9. The lowest BCUT2D eigenvalue weighted by Gasteiger charge is -2.06. The average Bonchev–Trinajstić information content (AvgIpc) is 2.44. The molecule has 0 heterocycles. The maximum atomic E-state index is 11.7. The summed E-state index contributed by atoms with van der Waals surface area (Å²) in [6.07, 6.45) is 6.08. The molecular formula is C17H26O3. The Morgan fingerprint density at radius 2 is 1.80 bits per heavy atom. The number of hydrogen-bond acceptors (Lipinski definition) is 3. The van der Waals surface area contributed by atoms with Crippen molar-refractivity contribution in [1.29, 1.82) is 0 Å². The molecule has 20 heavy (non-hydrogen) atoms. The number of carbonyl (C=O) groups excluding carboxylic acids is 1. The smallest absolute Gasteiger partial charge is 0.293 e. The third-order valence-electron chi connectivity index (χ3n) is 3.04. The van der Waals surface area contributed by atoms with Crippen LogP contribution in [0.3, 0.4) is 0 Å². The van der Waals surface area contributed by atoms with Gasteiger partial charge in [-0.15, -0.1) is 0 Å². The molecule has 1 aromatic carbocycles. The lowest BCUT2D eigenvalue weighted by atomic mass is 10.0. The highest BCUT2D eigenvalue weighted by molar-refractivity contribution is 5.88. The van der Waals surface area contributed by atoms with Crippen LogP contribution in [-0.2, 0) is 16.2 Å². The zero-order valence-electron chi connectivity index (χ0n) is 12.9. The Bertz CT molecular complexity index is 382. The van der Waals surface area contributed by atoms with Crippen molar-refractivity contribution in [2.45, 2.75) is 52.9 Å². The molecule has 0 radical (unpaired) electrons. The molecule has 0 aromatic heterocycles. The minimum absolute atomic E-state index is 0.341. The van der Waals surface area contributed by atoms with Crippen molar-refractivity contribution in [2.75, 3.05) is 6.61 Å². The second-order valence-electron chi connectivity index (χ2n) is 5.56. The Morgan fingerprint density at radius 1 is 1.10 bits per heavy atom. The van der Waals surface area contributed by atoms with Gasteiger partial charge in [-0.2, -0.15) is 4.89 Å². The van der Waals surface area contributed by atoms with Gasteiger partial charge in [-0.1, -0.05) is 52.2 Å². The number of carbonyl (C=O) groups is 1. The van der Waals surface area contributed by atoms with Crippen LogP contribution in [0.4, 0.5) is 0 Å². The first-order valence-corrected chi connectivity index (χ1v) is 7.56. The highest BCUT2D eigenvalue weighted by Crippen LogP contribution is 2.11. The quantitative estimate of drug-likeness (QED) is 0.377. The van der Waals surface area contributed by atoms with E-state index in [0.29, 0.717) is 18.1 Å². The topological polar surface area (TPSA) is 35.5 Å². The highest BCUT2D eigenvalue weighted by Gasteiger charge is 2.08. The van der Waals surface area contributed by atoms with Crippen LogP contribution in [0.15, 0.2) is 24.3 Å². The first-order valence-electron chi connectivity index (χ1n) is 7.56. The zero-order chi connectivity index (χ0) is 14.8. The fraction of sp³-hybridized carbons (Fsp3) is 0.588. The largest absolute Gasteiger partial charge is 0.373 e. The van der Waals surface area contributed by atoms with E-state index in [0.717, 1.165) is 6.42 Å². The molecule has 0 atom stereocenters. The number of aryl methyl sites for hydroxylation is 1. The molecule has 0 saturated heterocycles. The second-order valence-corrected chi connectivity index (χ2v) is 5.56. The molecule has 0 spiro atoms. The van der Waals surface area contributed by atoms with Gasteiger partial charge in [0.15, 0.2) is 0 Å². The van der Waals surface area contributed by atoms with Crippen LogP contribution >= 0.6 is 0 Å². The average molecular weight is 278 g/mol. The molecule has 0 unspecified atom stereocenters. The summed E-state index contributed by atoms with van der Waals surface area (Å²) in [5.41, 5.74) is 1.80. The fourth-order valence-electron chi connectivity index (χ4n) is 1.84. The summed E-state index contributed by atoms with van der Waals surface area (Å²) in [6.45, 7) is 6.63. The molecule has 0 aliphatic heterocycles. The van der Waals surface area contributed by atoms with E-state index in [2.05, 4.69) is 6.92 Å². The predicted molar refractivity (Wildman–Crippen MR) is 80.5 cm³/mol. The van der Waals surface area contributed by atoms with Gasteiger partial charge in [0.1, 0.15) is 0 Å². The summed E-state index contributed by atoms with van der Waals surface area (Å²) >= 11 is 0. The molecule has 1 rings (SSSR count). The monoisotopic (exact) mass is 278 g/mol. The number of rotatable bonds is 9. The van der Waals surface area contributed by atoms with Crippen LogP contribution < -0.4 is 0 Å². The van der Waals surface area contributed by atoms with Crippen molar-refractivity contribution >= 4 is 5.97 Å². The maximum Gasteiger partial charge on any atom is 0.373 e. The molecule has 3 heteroatoms. The van der Waals surface area contributed by atoms with Crippen molar-refractivity contribution in [1.82, 2.24) is 0 Å². The van der Waals surface area contributed by atoms with Gasteiger partial charge in [-0.3, -0.25) is 4.89 Å². The molecule has 112 valence electrons.